The summed E-state index contributed by atoms with van der Waals surface area (Å²) in [5.74, 6) is 4.05. The van der Waals surface area contributed by atoms with Gasteiger partial charge in [-0.25, -0.2) is 0 Å². The topological polar surface area (TPSA) is 0 Å². The quantitative estimate of drug-likeness (QED) is 0.545. The van der Waals surface area contributed by atoms with Gasteiger partial charge in [-0.05, 0) is 36.5 Å². The molecule has 0 heterocycles. The molecule has 0 radical (unpaired) electrons. The van der Waals surface area contributed by atoms with E-state index in [-0.39, 0.29) is 0 Å². The van der Waals surface area contributed by atoms with Crippen molar-refractivity contribution >= 4 is 0 Å². The van der Waals surface area contributed by atoms with Gasteiger partial charge in [-0.15, -0.1) is 0 Å². The van der Waals surface area contributed by atoms with E-state index in [0.717, 1.165) is 23.7 Å². The van der Waals surface area contributed by atoms with E-state index in [1.807, 2.05) is 0 Å². The Kier molecular flexibility index (Phi) is 6.46. The minimum absolute atomic E-state index is 0.986. The van der Waals surface area contributed by atoms with Crippen LogP contribution in [-0.2, 0) is 0 Å². The minimum Gasteiger partial charge on any atom is -0.0654 e. The summed E-state index contributed by atoms with van der Waals surface area (Å²) in [5.41, 5.74) is 0. The Balaban J connectivity index is 2.40. The zero-order chi connectivity index (χ0) is 12.0. The fraction of sp³-hybridized carbons (Fsp3) is 1.00. The van der Waals surface area contributed by atoms with Crippen molar-refractivity contribution in [2.45, 2.75) is 79.1 Å². The maximum absolute atomic E-state index is 2.49. The summed E-state index contributed by atoms with van der Waals surface area (Å²) in [6.07, 6.45) is 11.6. The van der Waals surface area contributed by atoms with Gasteiger partial charge in [-0.3, -0.25) is 0 Å². The van der Waals surface area contributed by atoms with Gasteiger partial charge in [-0.2, -0.15) is 0 Å². The molecule has 16 heavy (non-hydrogen) atoms. The summed E-state index contributed by atoms with van der Waals surface area (Å²) in [6.45, 7) is 9.63. The molecule has 0 nitrogen and oxygen atoms in total. The van der Waals surface area contributed by atoms with Crippen LogP contribution in [0.3, 0.4) is 0 Å². The van der Waals surface area contributed by atoms with E-state index in [4.69, 9.17) is 0 Å². The molecule has 4 atom stereocenters. The largest absolute Gasteiger partial charge is 0.0654 e. The third-order valence-electron chi connectivity index (χ3n) is 4.82. The fourth-order valence-electron chi connectivity index (χ4n) is 3.56. The van der Waals surface area contributed by atoms with Crippen molar-refractivity contribution < 1.29 is 0 Å². The van der Waals surface area contributed by atoms with Crippen LogP contribution >= 0.6 is 0 Å². The van der Waals surface area contributed by atoms with E-state index in [9.17, 15) is 0 Å². The molecular weight excluding hydrogens is 192 g/mol. The van der Waals surface area contributed by atoms with Crippen LogP contribution in [0.25, 0.3) is 0 Å². The summed E-state index contributed by atoms with van der Waals surface area (Å²) in [6, 6.07) is 0. The first-order valence-corrected chi connectivity index (χ1v) is 7.69. The average molecular weight is 224 g/mol. The third kappa shape index (κ3) is 4.11. The zero-order valence-electron chi connectivity index (χ0n) is 12.0. The van der Waals surface area contributed by atoms with Crippen LogP contribution in [0.15, 0.2) is 0 Å². The van der Waals surface area contributed by atoms with Crippen LogP contribution in [0.2, 0.25) is 0 Å². The van der Waals surface area contributed by atoms with Gasteiger partial charge in [0.15, 0.2) is 0 Å². The first-order valence-electron chi connectivity index (χ1n) is 7.69. The SMILES string of the molecule is CCCCC1CC(CCCC)C(C)CC1C. The molecule has 1 aliphatic carbocycles. The van der Waals surface area contributed by atoms with Gasteiger partial charge in [0.1, 0.15) is 0 Å². The van der Waals surface area contributed by atoms with Gasteiger partial charge in [0.25, 0.3) is 0 Å². The molecule has 1 aliphatic rings. The van der Waals surface area contributed by atoms with E-state index in [1.165, 1.54) is 51.4 Å². The lowest BCUT2D eigenvalue weighted by atomic mass is 9.67. The Morgan fingerprint density at radius 3 is 1.56 bits per heavy atom. The second-order valence-electron chi connectivity index (χ2n) is 6.23. The van der Waals surface area contributed by atoms with Crippen molar-refractivity contribution in [3.8, 4) is 0 Å². The van der Waals surface area contributed by atoms with Crippen LogP contribution in [-0.4, -0.2) is 0 Å². The van der Waals surface area contributed by atoms with Gasteiger partial charge in [0, 0.05) is 0 Å². The summed E-state index contributed by atoms with van der Waals surface area (Å²) in [4.78, 5) is 0. The highest BCUT2D eigenvalue weighted by Gasteiger charge is 2.31. The van der Waals surface area contributed by atoms with Crippen LogP contribution in [0.4, 0.5) is 0 Å². The molecule has 0 bridgehead atoms. The Labute approximate surface area is 103 Å². The van der Waals surface area contributed by atoms with Gasteiger partial charge >= 0.3 is 0 Å². The monoisotopic (exact) mass is 224 g/mol. The van der Waals surface area contributed by atoms with Gasteiger partial charge in [-0.1, -0.05) is 66.2 Å². The average Bonchev–Trinajstić information content (AvgIpc) is 2.26. The van der Waals surface area contributed by atoms with Crippen LogP contribution in [0.1, 0.15) is 79.1 Å². The maximum Gasteiger partial charge on any atom is -0.0386 e. The van der Waals surface area contributed by atoms with Crippen molar-refractivity contribution in [1.82, 2.24) is 0 Å². The molecule has 0 aliphatic heterocycles. The first kappa shape index (κ1) is 14.1. The predicted molar refractivity (Wildman–Crippen MR) is 73.6 cm³/mol. The van der Waals surface area contributed by atoms with Gasteiger partial charge < -0.3 is 0 Å². The Bertz CT molecular complexity index is 155. The second kappa shape index (κ2) is 7.35. The van der Waals surface area contributed by atoms with E-state index < -0.39 is 0 Å². The summed E-state index contributed by atoms with van der Waals surface area (Å²) < 4.78 is 0. The number of unbranched alkanes of at least 4 members (excludes halogenated alkanes) is 2. The number of hydrogen-bond acceptors (Lipinski definition) is 0. The molecule has 4 unspecified atom stereocenters. The highest BCUT2D eigenvalue weighted by Crippen LogP contribution is 2.41. The molecule has 0 heteroatoms. The van der Waals surface area contributed by atoms with E-state index in [1.54, 1.807) is 0 Å². The Morgan fingerprint density at radius 1 is 0.750 bits per heavy atom. The molecule has 0 aromatic carbocycles. The van der Waals surface area contributed by atoms with Crippen LogP contribution in [0, 0.1) is 23.7 Å². The van der Waals surface area contributed by atoms with Crippen molar-refractivity contribution in [3.05, 3.63) is 0 Å². The molecule has 0 spiro atoms. The standard InChI is InChI=1S/C16H32/c1-5-7-9-15-12-16(10-8-6-2)14(4)11-13(15)3/h13-16H,5-12H2,1-4H3. The van der Waals surface area contributed by atoms with Crippen LogP contribution < -0.4 is 0 Å². The first-order chi connectivity index (χ1) is 7.69. The molecule has 0 amide bonds. The highest BCUT2D eigenvalue weighted by molar-refractivity contribution is 4.82. The fourth-order valence-corrected chi connectivity index (χ4v) is 3.56. The zero-order valence-corrected chi connectivity index (χ0v) is 12.0. The number of rotatable bonds is 6. The molecule has 1 rings (SSSR count). The molecule has 0 aromatic rings. The molecule has 0 N–H and O–H groups in total. The summed E-state index contributed by atoms with van der Waals surface area (Å²) >= 11 is 0. The summed E-state index contributed by atoms with van der Waals surface area (Å²) in [7, 11) is 0. The lowest BCUT2D eigenvalue weighted by Gasteiger charge is -2.39. The Morgan fingerprint density at radius 2 is 1.19 bits per heavy atom. The van der Waals surface area contributed by atoms with E-state index in [0.29, 0.717) is 0 Å². The van der Waals surface area contributed by atoms with E-state index >= 15 is 0 Å². The van der Waals surface area contributed by atoms with Gasteiger partial charge in [0.05, 0.1) is 0 Å². The molecule has 96 valence electrons. The minimum atomic E-state index is 0.986. The maximum atomic E-state index is 2.49. The highest BCUT2D eigenvalue weighted by atomic mass is 14.4. The lowest BCUT2D eigenvalue weighted by Crippen LogP contribution is -2.29. The second-order valence-corrected chi connectivity index (χ2v) is 6.23. The number of hydrogen-bond donors (Lipinski definition) is 0. The van der Waals surface area contributed by atoms with E-state index in [2.05, 4.69) is 27.7 Å². The predicted octanol–water partition coefficient (Wildman–Crippen LogP) is 5.67. The molecular formula is C16H32. The van der Waals surface area contributed by atoms with Gasteiger partial charge in [0.2, 0.25) is 0 Å². The molecule has 1 saturated carbocycles. The smallest absolute Gasteiger partial charge is 0.0386 e. The molecule has 0 aromatic heterocycles. The van der Waals surface area contributed by atoms with Crippen molar-refractivity contribution in [1.29, 1.82) is 0 Å². The van der Waals surface area contributed by atoms with Crippen molar-refractivity contribution in [2.24, 2.45) is 23.7 Å². The summed E-state index contributed by atoms with van der Waals surface area (Å²) in [5, 5.41) is 0. The van der Waals surface area contributed by atoms with Crippen molar-refractivity contribution in [2.75, 3.05) is 0 Å². The van der Waals surface area contributed by atoms with Crippen molar-refractivity contribution in [3.63, 3.8) is 0 Å². The molecule has 1 fully saturated rings. The normalized spacial score (nSPS) is 35.2. The van der Waals surface area contributed by atoms with Crippen LogP contribution in [0.5, 0.6) is 0 Å². The Hall–Kier alpha value is 0. The molecule has 0 saturated heterocycles. The lowest BCUT2D eigenvalue weighted by molar-refractivity contribution is 0.116. The third-order valence-corrected chi connectivity index (χ3v) is 4.82.